The van der Waals surface area contributed by atoms with E-state index in [4.69, 9.17) is 9.05 Å². The molecule has 3 unspecified atom stereocenters. The monoisotopic (exact) mass is 790 g/mol. The molecule has 0 bridgehead atoms. The van der Waals surface area contributed by atoms with Gasteiger partial charge in [-0.1, -0.05) is 219 Å². The molecule has 0 radical (unpaired) electrons. The van der Waals surface area contributed by atoms with Crippen molar-refractivity contribution in [2.75, 3.05) is 40.9 Å². The van der Waals surface area contributed by atoms with Crippen molar-refractivity contribution in [1.82, 2.24) is 5.32 Å². The van der Waals surface area contributed by atoms with Crippen molar-refractivity contribution in [3.8, 4) is 0 Å². The minimum atomic E-state index is -4.26. The lowest BCUT2D eigenvalue weighted by molar-refractivity contribution is -0.870. The van der Waals surface area contributed by atoms with Crippen molar-refractivity contribution in [1.29, 1.82) is 0 Å². The normalized spacial score (nSPS) is 14.3. The van der Waals surface area contributed by atoms with Crippen LogP contribution in [0.2, 0.25) is 0 Å². The minimum Gasteiger partial charge on any atom is -0.391 e. The standard InChI is InChI=1S/C45H93N2O6P/c1-6-7-8-9-10-11-12-13-14-15-16-17-18-19-20-21-22-23-24-25-26-27-28-29-30-31-32-33-34-35-36-37-38-39-45(49)44(46-43(2)48)42-53-54(50,51)52-41-40-47(3,4)5/h44-45,49H,6-42H2,1-5H3,(H-,46,48,50,51)/p+1. The van der Waals surface area contributed by atoms with Gasteiger partial charge in [-0.3, -0.25) is 13.8 Å². The summed E-state index contributed by atoms with van der Waals surface area (Å²) in [4.78, 5) is 21.6. The zero-order chi connectivity index (χ0) is 40.0. The smallest absolute Gasteiger partial charge is 0.391 e. The van der Waals surface area contributed by atoms with E-state index in [2.05, 4.69) is 12.2 Å². The maximum absolute atomic E-state index is 12.2. The van der Waals surface area contributed by atoms with Gasteiger partial charge in [-0.25, -0.2) is 4.57 Å². The van der Waals surface area contributed by atoms with Crippen LogP contribution in [-0.4, -0.2) is 73.4 Å². The Morgan fingerprint density at radius 2 is 0.852 bits per heavy atom. The second-order valence-electron chi connectivity index (χ2n) is 17.6. The number of phosphoric ester groups is 1. The lowest BCUT2D eigenvalue weighted by Crippen LogP contribution is -2.45. The number of quaternary nitrogens is 1. The Hall–Kier alpha value is -0.500. The van der Waals surface area contributed by atoms with Crippen LogP contribution in [0.5, 0.6) is 0 Å². The molecule has 9 heteroatoms. The van der Waals surface area contributed by atoms with Gasteiger partial charge in [-0.2, -0.15) is 0 Å². The van der Waals surface area contributed by atoms with Crippen LogP contribution in [0.15, 0.2) is 0 Å². The third-order valence-corrected chi connectivity index (χ3v) is 11.9. The summed E-state index contributed by atoms with van der Waals surface area (Å²) in [6, 6.07) is -0.756. The second kappa shape index (κ2) is 38.0. The average molecular weight is 790 g/mol. The predicted molar refractivity (Wildman–Crippen MR) is 231 cm³/mol. The van der Waals surface area contributed by atoms with Gasteiger partial charge >= 0.3 is 7.82 Å². The molecule has 0 aromatic carbocycles. The molecule has 8 nitrogen and oxygen atoms in total. The van der Waals surface area contributed by atoms with Gasteiger partial charge in [0.05, 0.1) is 39.9 Å². The number of unbranched alkanes of at least 4 members (excludes halogenated alkanes) is 32. The van der Waals surface area contributed by atoms with Crippen LogP contribution in [0.3, 0.4) is 0 Å². The molecule has 3 atom stereocenters. The molecule has 0 fully saturated rings. The van der Waals surface area contributed by atoms with Crippen molar-refractivity contribution in [2.24, 2.45) is 0 Å². The van der Waals surface area contributed by atoms with Crippen LogP contribution in [0.1, 0.15) is 232 Å². The number of rotatable bonds is 43. The van der Waals surface area contributed by atoms with E-state index in [9.17, 15) is 19.4 Å². The highest BCUT2D eigenvalue weighted by Crippen LogP contribution is 2.43. The van der Waals surface area contributed by atoms with Gasteiger partial charge in [0.25, 0.3) is 0 Å². The molecule has 0 aliphatic carbocycles. The van der Waals surface area contributed by atoms with Crippen molar-refractivity contribution in [3.63, 3.8) is 0 Å². The molecule has 0 aromatic heterocycles. The summed E-state index contributed by atoms with van der Waals surface area (Å²) in [6.45, 7) is 4.00. The lowest BCUT2D eigenvalue weighted by Gasteiger charge is -2.26. The summed E-state index contributed by atoms with van der Waals surface area (Å²) in [5.74, 6) is -0.317. The first-order valence-corrected chi connectivity index (χ1v) is 24.8. The van der Waals surface area contributed by atoms with Gasteiger partial charge in [0.15, 0.2) is 0 Å². The first kappa shape index (κ1) is 53.5. The SMILES string of the molecule is CCCCCCCCCCCCCCCCCCCCCCCCCCCCCCCCCCCC(O)C(COP(=O)(O)OCC[N+](C)(C)C)NC(C)=O. The Bertz CT molecular complexity index is 855. The number of phosphoric acid groups is 1. The van der Waals surface area contributed by atoms with E-state index in [1.807, 2.05) is 21.1 Å². The molecular formula is C45H94N2O6P+. The third kappa shape index (κ3) is 41.1. The largest absolute Gasteiger partial charge is 0.472 e. The molecule has 0 rings (SSSR count). The van der Waals surface area contributed by atoms with E-state index in [1.54, 1.807) is 0 Å². The Morgan fingerprint density at radius 1 is 0.556 bits per heavy atom. The lowest BCUT2D eigenvalue weighted by atomic mass is 10.0. The van der Waals surface area contributed by atoms with Crippen LogP contribution >= 0.6 is 7.82 Å². The van der Waals surface area contributed by atoms with Crippen LogP contribution in [0, 0.1) is 0 Å². The van der Waals surface area contributed by atoms with Gasteiger partial charge in [0.2, 0.25) is 5.91 Å². The highest BCUT2D eigenvalue weighted by atomic mass is 31.2. The van der Waals surface area contributed by atoms with E-state index < -0.39 is 20.0 Å². The van der Waals surface area contributed by atoms with Crippen molar-refractivity contribution >= 4 is 13.7 Å². The molecule has 54 heavy (non-hydrogen) atoms. The molecule has 0 aromatic rings. The highest BCUT2D eigenvalue weighted by Gasteiger charge is 2.28. The van der Waals surface area contributed by atoms with Crippen LogP contribution in [-0.2, 0) is 18.4 Å². The maximum atomic E-state index is 12.2. The summed E-state index contributed by atoms with van der Waals surface area (Å²) in [5, 5.41) is 13.3. The van der Waals surface area contributed by atoms with Gasteiger partial charge in [-0.15, -0.1) is 0 Å². The molecule has 3 N–H and O–H groups in total. The number of carbonyl (C=O) groups excluding carboxylic acids is 1. The number of nitrogens with zero attached hydrogens (tertiary/aromatic N) is 1. The number of likely N-dealkylation sites (N-methyl/N-ethyl adjacent to an activating group) is 1. The van der Waals surface area contributed by atoms with E-state index in [1.165, 1.54) is 200 Å². The fourth-order valence-corrected chi connectivity index (χ4v) is 8.00. The second-order valence-corrected chi connectivity index (χ2v) is 19.0. The summed E-state index contributed by atoms with van der Waals surface area (Å²) < 4.78 is 23.0. The molecule has 0 heterocycles. The molecule has 324 valence electrons. The highest BCUT2D eigenvalue weighted by molar-refractivity contribution is 7.47. The van der Waals surface area contributed by atoms with Crippen molar-refractivity contribution in [2.45, 2.75) is 244 Å². The fourth-order valence-electron chi connectivity index (χ4n) is 7.26. The zero-order valence-electron chi connectivity index (χ0n) is 36.7. The molecule has 0 aliphatic heterocycles. The van der Waals surface area contributed by atoms with E-state index in [0.717, 1.165) is 19.3 Å². The predicted octanol–water partition coefficient (Wildman–Crippen LogP) is 13.0. The number of hydrogen-bond acceptors (Lipinski definition) is 5. The van der Waals surface area contributed by atoms with Crippen LogP contribution in [0.4, 0.5) is 0 Å². The number of hydrogen-bond donors (Lipinski definition) is 3. The Kier molecular flexibility index (Phi) is 37.7. The molecule has 0 spiro atoms. The van der Waals surface area contributed by atoms with E-state index in [-0.39, 0.29) is 19.1 Å². The maximum Gasteiger partial charge on any atom is 0.472 e. The Balaban J connectivity index is 3.48. The quantitative estimate of drug-likeness (QED) is 0.0323. The Morgan fingerprint density at radius 3 is 1.13 bits per heavy atom. The third-order valence-electron chi connectivity index (χ3n) is 10.9. The zero-order valence-corrected chi connectivity index (χ0v) is 37.6. The Labute approximate surface area is 336 Å². The number of aliphatic hydroxyl groups is 1. The fraction of sp³-hybridized carbons (Fsp3) is 0.978. The van der Waals surface area contributed by atoms with Gasteiger partial charge < -0.3 is 19.8 Å². The number of nitrogens with one attached hydrogen (secondary N) is 1. The van der Waals surface area contributed by atoms with Gasteiger partial charge in [-0.05, 0) is 6.42 Å². The molecule has 0 saturated carbocycles. The van der Waals surface area contributed by atoms with Crippen LogP contribution in [0.25, 0.3) is 0 Å². The molecule has 1 amide bonds. The number of aliphatic hydroxyl groups excluding tert-OH is 1. The summed E-state index contributed by atoms with van der Waals surface area (Å²) in [5.41, 5.74) is 0. The summed E-state index contributed by atoms with van der Waals surface area (Å²) in [6.07, 6.45) is 45.2. The minimum absolute atomic E-state index is 0.0738. The first-order chi connectivity index (χ1) is 26.0. The van der Waals surface area contributed by atoms with Gasteiger partial charge in [0, 0.05) is 6.92 Å². The average Bonchev–Trinajstić information content (AvgIpc) is 3.11. The number of carbonyl (C=O) groups is 1. The molecular weight excluding hydrogens is 695 g/mol. The van der Waals surface area contributed by atoms with Crippen LogP contribution < -0.4 is 5.32 Å². The summed E-state index contributed by atoms with van der Waals surface area (Å²) in [7, 11) is 1.62. The topological polar surface area (TPSA) is 105 Å². The van der Waals surface area contributed by atoms with E-state index >= 15 is 0 Å². The number of amides is 1. The first-order valence-electron chi connectivity index (χ1n) is 23.3. The van der Waals surface area contributed by atoms with Crippen molar-refractivity contribution in [3.05, 3.63) is 0 Å². The van der Waals surface area contributed by atoms with E-state index in [0.29, 0.717) is 17.4 Å². The van der Waals surface area contributed by atoms with Crippen molar-refractivity contribution < 1.29 is 32.9 Å². The van der Waals surface area contributed by atoms with Gasteiger partial charge in [0.1, 0.15) is 13.2 Å². The molecule has 0 saturated heterocycles. The molecule has 0 aliphatic rings. The summed E-state index contributed by atoms with van der Waals surface area (Å²) >= 11 is 0.